The number of aliphatic carboxylic acids is 1. The summed E-state index contributed by atoms with van der Waals surface area (Å²) in [6.45, 7) is 5.69. The molecule has 1 aromatic carbocycles. The summed E-state index contributed by atoms with van der Waals surface area (Å²) < 4.78 is 5.64. The number of nitrogens with one attached hydrogen (secondary N) is 1. The van der Waals surface area contributed by atoms with E-state index in [4.69, 9.17) is 9.84 Å². The first kappa shape index (κ1) is 14.4. The Labute approximate surface area is 117 Å². The van der Waals surface area contributed by atoms with Crippen LogP contribution in [0.2, 0.25) is 0 Å². The van der Waals surface area contributed by atoms with Gasteiger partial charge in [0.05, 0.1) is 5.92 Å². The molecule has 1 aliphatic heterocycles. The number of benzene rings is 1. The van der Waals surface area contributed by atoms with Gasteiger partial charge in [0.15, 0.2) is 6.10 Å². The van der Waals surface area contributed by atoms with Crippen molar-refractivity contribution in [3.8, 4) is 5.75 Å². The van der Waals surface area contributed by atoms with Crippen LogP contribution in [0.25, 0.3) is 0 Å². The van der Waals surface area contributed by atoms with Crippen LogP contribution in [-0.2, 0) is 16.0 Å². The SMILES string of the molecule is Cc1cc2c(cc1C)O[C@@H](C(=O)NC[C@@H](C)C(=O)O)C2. The standard InChI is InChI=1S/C15H19NO4/c1-8-4-11-6-13(20-12(11)5-9(8)2)14(17)16-7-10(3)15(18)19/h4-5,10,13H,6-7H2,1-3H3,(H,16,17)(H,18,19)/t10-,13-/m1/s1. The third kappa shape index (κ3) is 2.92. The highest BCUT2D eigenvalue weighted by Gasteiger charge is 2.29. The van der Waals surface area contributed by atoms with Gasteiger partial charge in [-0.3, -0.25) is 9.59 Å². The Morgan fingerprint density at radius 3 is 2.70 bits per heavy atom. The Morgan fingerprint density at radius 2 is 2.05 bits per heavy atom. The van der Waals surface area contributed by atoms with Gasteiger partial charge >= 0.3 is 5.97 Å². The van der Waals surface area contributed by atoms with Crippen molar-refractivity contribution in [3.63, 3.8) is 0 Å². The number of carbonyl (C=O) groups excluding carboxylic acids is 1. The number of fused-ring (bicyclic) bond motifs is 1. The summed E-state index contributed by atoms with van der Waals surface area (Å²) in [7, 11) is 0. The highest BCUT2D eigenvalue weighted by atomic mass is 16.5. The minimum Gasteiger partial charge on any atom is -0.481 e. The summed E-state index contributed by atoms with van der Waals surface area (Å²) >= 11 is 0. The minimum atomic E-state index is -0.924. The lowest BCUT2D eigenvalue weighted by Crippen LogP contribution is -2.40. The van der Waals surface area contributed by atoms with Gasteiger partial charge in [0, 0.05) is 13.0 Å². The van der Waals surface area contributed by atoms with Crippen LogP contribution in [0.1, 0.15) is 23.6 Å². The number of rotatable bonds is 4. The third-order valence-electron chi connectivity index (χ3n) is 3.65. The van der Waals surface area contributed by atoms with E-state index < -0.39 is 18.0 Å². The highest BCUT2D eigenvalue weighted by Crippen LogP contribution is 2.31. The number of carbonyl (C=O) groups is 2. The zero-order valence-electron chi connectivity index (χ0n) is 11.9. The van der Waals surface area contributed by atoms with Gasteiger partial charge in [-0.1, -0.05) is 13.0 Å². The average molecular weight is 277 g/mol. The number of hydrogen-bond acceptors (Lipinski definition) is 3. The lowest BCUT2D eigenvalue weighted by molar-refractivity contribution is -0.141. The van der Waals surface area contributed by atoms with Gasteiger partial charge in [0.25, 0.3) is 5.91 Å². The number of hydrogen-bond donors (Lipinski definition) is 2. The molecule has 0 unspecified atom stereocenters. The molecule has 0 saturated heterocycles. The number of ether oxygens (including phenoxy) is 1. The lowest BCUT2D eigenvalue weighted by Gasteiger charge is -2.13. The van der Waals surface area contributed by atoms with E-state index in [0.717, 1.165) is 16.9 Å². The number of carboxylic acids is 1. The lowest BCUT2D eigenvalue weighted by atomic mass is 10.0. The van der Waals surface area contributed by atoms with Gasteiger partial charge in [0.2, 0.25) is 0 Å². The van der Waals surface area contributed by atoms with Gasteiger partial charge < -0.3 is 15.2 Å². The summed E-state index contributed by atoms with van der Waals surface area (Å²) in [5.41, 5.74) is 3.33. The maximum absolute atomic E-state index is 12.0. The Hall–Kier alpha value is -2.04. The molecule has 1 aliphatic rings. The van der Waals surface area contributed by atoms with Crippen molar-refractivity contribution in [1.82, 2.24) is 5.32 Å². The zero-order valence-corrected chi connectivity index (χ0v) is 11.9. The fourth-order valence-corrected chi connectivity index (χ4v) is 2.11. The van der Waals surface area contributed by atoms with E-state index in [2.05, 4.69) is 5.32 Å². The third-order valence-corrected chi connectivity index (χ3v) is 3.65. The van der Waals surface area contributed by atoms with Crippen LogP contribution >= 0.6 is 0 Å². The molecule has 20 heavy (non-hydrogen) atoms. The molecule has 5 nitrogen and oxygen atoms in total. The van der Waals surface area contributed by atoms with E-state index in [-0.39, 0.29) is 12.5 Å². The highest BCUT2D eigenvalue weighted by molar-refractivity contribution is 5.83. The summed E-state index contributed by atoms with van der Waals surface area (Å²) in [5.74, 6) is -1.04. The van der Waals surface area contributed by atoms with Gasteiger partial charge in [-0.25, -0.2) is 0 Å². The van der Waals surface area contributed by atoms with Gasteiger partial charge in [-0.05, 0) is 36.6 Å². The smallest absolute Gasteiger partial charge is 0.308 e. The Balaban J connectivity index is 1.97. The first-order chi connectivity index (χ1) is 9.38. The predicted molar refractivity (Wildman–Crippen MR) is 73.8 cm³/mol. The monoisotopic (exact) mass is 277 g/mol. The first-order valence-electron chi connectivity index (χ1n) is 6.65. The molecule has 2 N–H and O–H groups in total. The molecule has 2 atom stereocenters. The summed E-state index contributed by atoms with van der Waals surface area (Å²) in [5, 5.41) is 11.4. The fourth-order valence-electron chi connectivity index (χ4n) is 2.11. The Kier molecular flexibility index (Phi) is 3.97. The van der Waals surface area contributed by atoms with Crippen LogP contribution in [0, 0.1) is 19.8 Å². The maximum Gasteiger partial charge on any atom is 0.308 e. The molecule has 108 valence electrons. The second kappa shape index (κ2) is 5.53. The number of carboxylic acid groups (broad SMARTS) is 1. The molecule has 2 rings (SSSR count). The van der Waals surface area contributed by atoms with Crippen molar-refractivity contribution in [2.24, 2.45) is 5.92 Å². The maximum atomic E-state index is 12.0. The van der Waals surface area contributed by atoms with Gasteiger partial charge in [0.1, 0.15) is 5.75 Å². The zero-order chi connectivity index (χ0) is 14.9. The topological polar surface area (TPSA) is 75.6 Å². The van der Waals surface area contributed by atoms with Crippen LogP contribution in [0.4, 0.5) is 0 Å². The molecule has 0 aliphatic carbocycles. The summed E-state index contributed by atoms with van der Waals surface area (Å²) in [6.07, 6.45) is -0.0313. The van der Waals surface area contributed by atoms with Gasteiger partial charge in [-0.15, -0.1) is 0 Å². The molecular weight excluding hydrogens is 258 g/mol. The van der Waals surface area contributed by atoms with Crippen LogP contribution < -0.4 is 10.1 Å². The van der Waals surface area contributed by atoms with E-state index in [0.29, 0.717) is 6.42 Å². The van der Waals surface area contributed by atoms with Crippen molar-refractivity contribution in [2.45, 2.75) is 33.3 Å². The van der Waals surface area contributed by atoms with E-state index in [9.17, 15) is 9.59 Å². The number of amides is 1. The second-order valence-electron chi connectivity index (χ2n) is 5.34. The molecule has 1 heterocycles. The van der Waals surface area contributed by atoms with E-state index in [1.165, 1.54) is 5.56 Å². The van der Waals surface area contributed by atoms with Crippen molar-refractivity contribution in [3.05, 3.63) is 28.8 Å². The Morgan fingerprint density at radius 1 is 1.40 bits per heavy atom. The molecule has 0 aromatic heterocycles. The second-order valence-corrected chi connectivity index (χ2v) is 5.34. The van der Waals surface area contributed by atoms with Crippen molar-refractivity contribution >= 4 is 11.9 Å². The average Bonchev–Trinajstić information content (AvgIpc) is 2.78. The fraction of sp³-hybridized carbons (Fsp3) is 0.467. The first-order valence-corrected chi connectivity index (χ1v) is 6.65. The molecule has 1 amide bonds. The van der Waals surface area contributed by atoms with Gasteiger partial charge in [-0.2, -0.15) is 0 Å². The molecule has 0 radical (unpaired) electrons. The summed E-state index contributed by atoms with van der Waals surface area (Å²) in [4.78, 5) is 22.7. The molecule has 1 aromatic rings. The summed E-state index contributed by atoms with van der Waals surface area (Å²) in [6, 6.07) is 3.98. The molecule has 0 spiro atoms. The van der Waals surface area contributed by atoms with Crippen molar-refractivity contribution in [2.75, 3.05) is 6.54 Å². The van der Waals surface area contributed by atoms with Crippen LogP contribution in [0.15, 0.2) is 12.1 Å². The van der Waals surface area contributed by atoms with Crippen LogP contribution in [0.5, 0.6) is 5.75 Å². The molecule has 5 heteroatoms. The largest absolute Gasteiger partial charge is 0.481 e. The van der Waals surface area contributed by atoms with Crippen molar-refractivity contribution in [1.29, 1.82) is 0 Å². The Bertz CT molecular complexity index is 522. The van der Waals surface area contributed by atoms with E-state index >= 15 is 0 Å². The van der Waals surface area contributed by atoms with Crippen LogP contribution in [-0.4, -0.2) is 29.6 Å². The normalized spacial score (nSPS) is 18.1. The molecule has 0 bridgehead atoms. The molecule has 0 fully saturated rings. The van der Waals surface area contributed by atoms with E-state index in [1.807, 2.05) is 26.0 Å². The minimum absolute atomic E-state index is 0.114. The predicted octanol–water partition coefficient (Wildman–Crippen LogP) is 1.44. The quantitative estimate of drug-likeness (QED) is 0.873. The van der Waals surface area contributed by atoms with Crippen LogP contribution in [0.3, 0.4) is 0 Å². The molecule has 0 saturated carbocycles. The number of aryl methyl sites for hydroxylation is 2. The molecular formula is C15H19NO4. The van der Waals surface area contributed by atoms with E-state index in [1.54, 1.807) is 6.92 Å². The van der Waals surface area contributed by atoms with Crippen molar-refractivity contribution < 1.29 is 19.4 Å².